The monoisotopic (exact) mass is 285 g/mol. The van der Waals surface area contributed by atoms with Gasteiger partial charge in [0.25, 0.3) is 0 Å². The number of fused-ring (bicyclic) bond motifs is 1. The minimum atomic E-state index is -1.01. The van der Waals surface area contributed by atoms with E-state index in [0.717, 1.165) is 16.9 Å². The second-order valence-corrected chi connectivity index (χ2v) is 4.54. The topological polar surface area (TPSA) is 74.3 Å². The van der Waals surface area contributed by atoms with E-state index in [9.17, 15) is 10.4 Å². The molecule has 0 radical (unpaired) electrons. The Morgan fingerprint density at radius 1 is 1.33 bits per heavy atom. The first-order chi connectivity index (χ1) is 10.2. The maximum absolute atomic E-state index is 11.3. The van der Waals surface area contributed by atoms with Crippen molar-refractivity contribution >= 4 is 11.3 Å². The van der Waals surface area contributed by atoms with E-state index in [1.807, 2.05) is 48.0 Å². The second-order valence-electron chi connectivity index (χ2n) is 4.54. The summed E-state index contributed by atoms with van der Waals surface area (Å²) < 4.78 is 7.24. The summed E-state index contributed by atoms with van der Waals surface area (Å²) in [5, 5.41) is 19.6. The molecule has 3 rings (SSSR count). The molecule has 0 aliphatic rings. The van der Waals surface area contributed by atoms with Crippen molar-refractivity contribution in [2.24, 2.45) is 0 Å². The number of hydrogen-bond donors (Lipinski definition) is 2. The molecule has 0 aliphatic heterocycles. The van der Waals surface area contributed by atoms with E-state index in [1.165, 1.54) is 0 Å². The summed E-state index contributed by atoms with van der Waals surface area (Å²) in [6, 6.07) is 10.8. The van der Waals surface area contributed by atoms with Crippen LogP contribution in [0.5, 0.6) is 5.75 Å². The quantitative estimate of drug-likeness (QED) is 0.717. The third-order valence-electron chi connectivity index (χ3n) is 3.17. The summed E-state index contributed by atoms with van der Waals surface area (Å²) in [4.78, 5) is 4.49. The van der Waals surface area contributed by atoms with Crippen molar-refractivity contribution in [3.8, 4) is 17.0 Å². The van der Waals surface area contributed by atoms with Gasteiger partial charge in [-0.1, -0.05) is 6.07 Å². The summed E-state index contributed by atoms with van der Waals surface area (Å²) in [6.07, 6.45) is 3.77. The van der Waals surface area contributed by atoms with Crippen LogP contribution >= 0.6 is 0 Å². The number of ether oxygens (including phenoxy) is 1. The van der Waals surface area contributed by atoms with E-state index in [-0.39, 0.29) is 5.69 Å². The zero-order chi connectivity index (χ0) is 14.8. The standard InChI is InChI=1S/C15H15N3O3/c1-2-21-14-7-6-11(9-13(14)18(19)20)12-10-17-8-4-3-5-15(17)16-12/h3-10,18-19H,2H2,1H3. The number of pyridine rings is 1. The lowest BCUT2D eigenvalue weighted by molar-refractivity contribution is -0.991. The van der Waals surface area contributed by atoms with Gasteiger partial charge in [-0.2, -0.15) is 5.23 Å². The number of rotatable bonds is 4. The first-order valence-electron chi connectivity index (χ1n) is 6.63. The molecule has 0 saturated carbocycles. The fourth-order valence-electron chi connectivity index (χ4n) is 2.21. The van der Waals surface area contributed by atoms with Gasteiger partial charge in [-0.25, -0.2) is 10.2 Å². The zero-order valence-electron chi connectivity index (χ0n) is 11.5. The number of imidazole rings is 1. The Bertz CT molecular complexity index is 735. The molecule has 0 fully saturated rings. The number of nitrogens with one attached hydrogen (secondary N) is 1. The summed E-state index contributed by atoms with van der Waals surface area (Å²) >= 11 is 0. The van der Waals surface area contributed by atoms with Crippen LogP contribution in [0.1, 0.15) is 6.92 Å². The fourth-order valence-corrected chi connectivity index (χ4v) is 2.21. The molecule has 2 N–H and O–H groups in total. The highest BCUT2D eigenvalue weighted by Crippen LogP contribution is 2.28. The van der Waals surface area contributed by atoms with Gasteiger partial charge in [0.1, 0.15) is 5.65 Å². The molecular weight excluding hydrogens is 270 g/mol. The first-order valence-corrected chi connectivity index (χ1v) is 6.63. The largest absolute Gasteiger partial charge is 0.595 e. The van der Waals surface area contributed by atoms with Crippen molar-refractivity contribution < 1.29 is 15.2 Å². The predicted octanol–water partition coefficient (Wildman–Crippen LogP) is 1.80. The molecule has 2 aromatic heterocycles. The summed E-state index contributed by atoms with van der Waals surface area (Å²) in [6.45, 7) is 2.25. The highest BCUT2D eigenvalue weighted by molar-refractivity contribution is 5.67. The van der Waals surface area contributed by atoms with Crippen LogP contribution in [0.2, 0.25) is 0 Å². The van der Waals surface area contributed by atoms with Crippen LogP contribution in [-0.4, -0.2) is 21.2 Å². The smallest absolute Gasteiger partial charge is 0.206 e. The average Bonchev–Trinajstić information content (AvgIpc) is 2.91. The first kappa shape index (κ1) is 13.6. The Balaban J connectivity index is 2.07. The fraction of sp³-hybridized carbons (Fsp3) is 0.133. The molecule has 108 valence electrons. The van der Waals surface area contributed by atoms with E-state index < -0.39 is 5.23 Å². The predicted molar refractivity (Wildman–Crippen MR) is 77.6 cm³/mol. The Labute approximate surface area is 121 Å². The van der Waals surface area contributed by atoms with Gasteiger partial charge in [0.05, 0.1) is 12.3 Å². The van der Waals surface area contributed by atoms with Gasteiger partial charge >= 0.3 is 0 Å². The highest BCUT2D eigenvalue weighted by Gasteiger charge is 2.13. The molecule has 1 atom stereocenters. The molecule has 2 heterocycles. The Kier molecular flexibility index (Phi) is 3.57. The number of hydrogen-bond acceptors (Lipinski definition) is 4. The normalized spacial score (nSPS) is 12.5. The van der Waals surface area contributed by atoms with Gasteiger partial charge in [-0.3, -0.25) is 0 Å². The van der Waals surface area contributed by atoms with Gasteiger partial charge in [0.15, 0.2) is 5.75 Å². The number of benzene rings is 1. The zero-order valence-corrected chi connectivity index (χ0v) is 11.5. The summed E-state index contributed by atoms with van der Waals surface area (Å²) in [5.74, 6) is 0.373. The van der Waals surface area contributed by atoms with Gasteiger partial charge in [0, 0.05) is 24.0 Å². The summed E-state index contributed by atoms with van der Waals surface area (Å²) in [7, 11) is 0. The van der Waals surface area contributed by atoms with Crippen molar-refractivity contribution in [1.82, 2.24) is 9.38 Å². The van der Waals surface area contributed by atoms with Crippen LogP contribution in [0.15, 0.2) is 48.8 Å². The van der Waals surface area contributed by atoms with Crippen LogP contribution in [0.3, 0.4) is 0 Å². The Morgan fingerprint density at radius 3 is 2.90 bits per heavy atom. The molecule has 0 saturated heterocycles. The van der Waals surface area contributed by atoms with E-state index in [1.54, 1.807) is 12.1 Å². The second kappa shape index (κ2) is 5.53. The Hall–Kier alpha value is -2.41. The lowest BCUT2D eigenvalue weighted by Crippen LogP contribution is -2.99. The van der Waals surface area contributed by atoms with Crippen molar-refractivity contribution in [3.63, 3.8) is 0 Å². The minimum Gasteiger partial charge on any atom is -0.595 e. The number of aromatic nitrogens is 2. The third kappa shape index (κ3) is 2.59. The molecule has 3 aromatic rings. The number of quaternary nitrogens is 1. The maximum Gasteiger partial charge on any atom is 0.206 e. The molecule has 1 aromatic carbocycles. The van der Waals surface area contributed by atoms with Crippen molar-refractivity contribution in [1.29, 1.82) is 0 Å². The van der Waals surface area contributed by atoms with Gasteiger partial charge < -0.3 is 14.3 Å². The lowest BCUT2D eigenvalue weighted by atomic mass is 10.1. The van der Waals surface area contributed by atoms with Crippen LogP contribution in [0.25, 0.3) is 16.9 Å². The van der Waals surface area contributed by atoms with Gasteiger partial charge in [0.2, 0.25) is 5.69 Å². The maximum atomic E-state index is 11.3. The van der Waals surface area contributed by atoms with Crippen LogP contribution in [0.4, 0.5) is 5.69 Å². The average molecular weight is 285 g/mol. The van der Waals surface area contributed by atoms with E-state index in [2.05, 4.69) is 4.98 Å². The van der Waals surface area contributed by atoms with Crippen molar-refractivity contribution in [3.05, 3.63) is 54.0 Å². The van der Waals surface area contributed by atoms with Gasteiger partial charge in [-0.15, -0.1) is 0 Å². The van der Waals surface area contributed by atoms with E-state index in [0.29, 0.717) is 12.4 Å². The molecule has 0 aliphatic carbocycles. The highest BCUT2D eigenvalue weighted by atomic mass is 16.8. The SMILES string of the molecule is CCOc1ccc(-c2cn3ccccc3n2)cc1[NH+]([O-])O. The van der Waals surface area contributed by atoms with Crippen LogP contribution in [0, 0.1) is 5.21 Å². The molecule has 0 spiro atoms. The molecule has 0 amide bonds. The Morgan fingerprint density at radius 2 is 2.19 bits per heavy atom. The molecule has 6 heteroatoms. The van der Waals surface area contributed by atoms with Crippen LogP contribution in [-0.2, 0) is 0 Å². The van der Waals surface area contributed by atoms with Crippen molar-refractivity contribution in [2.45, 2.75) is 6.92 Å². The summed E-state index contributed by atoms with van der Waals surface area (Å²) in [5.41, 5.74) is 2.44. The van der Waals surface area contributed by atoms with E-state index in [4.69, 9.17) is 4.74 Å². The number of nitrogens with zero attached hydrogens (tertiary/aromatic N) is 2. The third-order valence-corrected chi connectivity index (χ3v) is 3.17. The molecule has 6 nitrogen and oxygen atoms in total. The molecule has 21 heavy (non-hydrogen) atoms. The van der Waals surface area contributed by atoms with Crippen molar-refractivity contribution in [2.75, 3.05) is 6.61 Å². The molecular formula is C15H15N3O3. The van der Waals surface area contributed by atoms with Crippen LogP contribution < -0.4 is 9.96 Å². The van der Waals surface area contributed by atoms with Gasteiger partial charge in [-0.05, 0) is 31.2 Å². The minimum absolute atomic E-state index is 0.145. The molecule has 0 bridgehead atoms. The molecule has 1 unspecified atom stereocenters. The lowest BCUT2D eigenvalue weighted by Gasteiger charge is -2.16. The van der Waals surface area contributed by atoms with E-state index >= 15 is 0 Å².